The second-order valence-electron chi connectivity index (χ2n) is 5.91. The van der Waals surface area contributed by atoms with E-state index in [0.29, 0.717) is 12.2 Å². The zero-order valence-electron chi connectivity index (χ0n) is 14.7. The van der Waals surface area contributed by atoms with Crippen molar-refractivity contribution in [2.75, 3.05) is 7.11 Å². The van der Waals surface area contributed by atoms with Crippen molar-refractivity contribution in [3.63, 3.8) is 0 Å². The fourth-order valence-corrected chi connectivity index (χ4v) is 2.68. The number of hydrogen-bond acceptors (Lipinski definition) is 4. The first-order valence-corrected chi connectivity index (χ1v) is 8.19. The molecule has 0 atom stereocenters. The van der Waals surface area contributed by atoms with Gasteiger partial charge in [0.25, 0.3) is 0 Å². The number of methoxy groups -OCH3 is 1. The van der Waals surface area contributed by atoms with E-state index < -0.39 is 5.91 Å². The van der Waals surface area contributed by atoms with Crippen molar-refractivity contribution in [2.24, 2.45) is 5.73 Å². The van der Waals surface area contributed by atoms with Gasteiger partial charge in [-0.15, -0.1) is 0 Å². The Morgan fingerprint density at radius 2 is 1.88 bits per heavy atom. The third kappa shape index (κ3) is 4.00. The number of nitrogens with two attached hydrogens (primary N) is 1. The molecule has 132 valence electrons. The Morgan fingerprint density at radius 3 is 2.62 bits per heavy atom. The highest BCUT2D eigenvalue weighted by Crippen LogP contribution is 2.23. The first-order valence-electron chi connectivity index (χ1n) is 8.19. The number of benzene rings is 2. The lowest BCUT2D eigenvalue weighted by molar-refractivity contribution is 0.0999. The van der Waals surface area contributed by atoms with Gasteiger partial charge in [-0.25, -0.2) is 0 Å². The summed E-state index contributed by atoms with van der Waals surface area (Å²) in [5.74, 6) is 1.06. The van der Waals surface area contributed by atoms with Crippen molar-refractivity contribution < 1.29 is 14.3 Å². The molecule has 1 amide bonds. The third-order valence-corrected chi connectivity index (χ3v) is 4.06. The van der Waals surface area contributed by atoms with Gasteiger partial charge in [-0.1, -0.05) is 12.1 Å². The minimum atomic E-state index is -0.428. The maximum absolute atomic E-state index is 11.4. The van der Waals surface area contributed by atoms with Crippen molar-refractivity contribution in [3.8, 4) is 22.8 Å². The zero-order valence-corrected chi connectivity index (χ0v) is 14.7. The van der Waals surface area contributed by atoms with Crippen molar-refractivity contribution in [3.05, 3.63) is 77.5 Å². The van der Waals surface area contributed by atoms with Crippen LogP contribution in [0.5, 0.6) is 11.5 Å². The lowest BCUT2D eigenvalue weighted by Gasteiger charge is -2.10. The predicted octanol–water partition coefficient (Wildman–Crippen LogP) is 3.74. The van der Waals surface area contributed by atoms with Gasteiger partial charge in [-0.2, -0.15) is 0 Å². The fourth-order valence-electron chi connectivity index (χ4n) is 2.68. The molecule has 0 aliphatic carbocycles. The second kappa shape index (κ2) is 7.70. The van der Waals surface area contributed by atoms with Crippen LogP contribution < -0.4 is 15.2 Å². The van der Waals surface area contributed by atoms with E-state index in [1.807, 2.05) is 55.5 Å². The average molecular weight is 348 g/mol. The van der Waals surface area contributed by atoms with E-state index in [-0.39, 0.29) is 0 Å². The van der Waals surface area contributed by atoms with Crippen LogP contribution in [0.2, 0.25) is 0 Å². The topological polar surface area (TPSA) is 74.4 Å². The van der Waals surface area contributed by atoms with Crippen LogP contribution in [0, 0.1) is 6.92 Å². The lowest BCUT2D eigenvalue weighted by Crippen LogP contribution is -2.12. The number of primary amides is 1. The fraction of sp³-hybridized carbons (Fsp3) is 0.143. The highest BCUT2D eigenvalue weighted by molar-refractivity contribution is 5.94. The Labute approximate surface area is 152 Å². The summed E-state index contributed by atoms with van der Waals surface area (Å²) in [5.41, 5.74) is 9.45. The van der Waals surface area contributed by atoms with E-state index in [1.165, 1.54) is 0 Å². The van der Waals surface area contributed by atoms with Crippen molar-refractivity contribution in [1.82, 2.24) is 4.98 Å². The lowest BCUT2D eigenvalue weighted by atomic mass is 10.0. The Hall–Kier alpha value is -3.34. The normalized spacial score (nSPS) is 10.4. The quantitative estimate of drug-likeness (QED) is 0.736. The number of nitrogens with zero attached hydrogens (tertiary/aromatic N) is 1. The predicted molar refractivity (Wildman–Crippen MR) is 100 cm³/mol. The number of aromatic nitrogens is 1. The summed E-state index contributed by atoms with van der Waals surface area (Å²) < 4.78 is 11.0. The smallest absolute Gasteiger partial charge is 0.248 e. The van der Waals surface area contributed by atoms with Crippen molar-refractivity contribution in [1.29, 1.82) is 0 Å². The molecule has 0 aliphatic heterocycles. The third-order valence-electron chi connectivity index (χ3n) is 4.06. The van der Waals surface area contributed by atoms with Crippen LogP contribution in [-0.2, 0) is 6.61 Å². The summed E-state index contributed by atoms with van der Waals surface area (Å²) in [6.45, 7) is 2.28. The zero-order chi connectivity index (χ0) is 18.5. The SMILES string of the molecule is COc1cccc(OCc2ccnc(-c3ccc(C(N)=O)c(C)c3)c2)c1. The summed E-state index contributed by atoms with van der Waals surface area (Å²) in [6.07, 6.45) is 1.75. The monoisotopic (exact) mass is 348 g/mol. The van der Waals surface area contributed by atoms with E-state index in [2.05, 4.69) is 4.98 Å². The Balaban J connectivity index is 1.78. The van der Waals surface area contributed by atoms with Gasteiger partial charge in [0.15, 0.2) is 0 Å². The highest BCUT2D eigenvalue weighted by atomic mass is 16.5. The molecule has 1 aromatic heterocycles. The number of hydrogen-bond donors (Lipinski definition) is 1. The van der Waals surface area contributed by atoms with Gasteiger partial charge in [-0.3, -0.25) is 9.78 Å². The van der Waals surface area contributed by atoms with Crippen molar-refractivity contribution >= 4 is 5.91 Å². The standard InChI is InChI=1S/C21H20N2O3/c1-14-10-16(6-7-19(14)21(22)24)20-11-15(8-9-23-20)13-26-18-5-3-4-17(12-18)25-2/h3-12H,13H2,1-2H3,(H2,22,24). The molecule has 2 aromatic carbocycles. The molecule has 0 aliphatic rings. The van der Waals surface area contributed by atoms with Crippen LogP contribution in [0.15, 0.2) is 60.8 Å². The first-order chi connectivity index (χ1) is 12.6. The molecule has 0 fully saturated rings. The molecule has 26 heavy (non-hydrogen) atoms. The number of amides is 1. The van der Waals surface area contributed by atoms with E-state index in [9.17, 15) is 4.79 Å². The summed E-state index contributed by atoms with van der Waals surface area (Å²) in [5, 5.41) is 0. The van der Waals surface area contributed by atoms with Crippen LogP contribution in [0.1, 0.15) is 21.5 Å². The maximum Gasteiger partial charge on any atom is 0.248 e. The van der Waals surface area contributed by atoms with Crippen LogP contribution in [0.4, 0.5) is 0 Å². The maximum atomic E-state index is 11.4. The van der Waals surface area contributed by atoms with Gasteiger partial charge in [0, 0.05) is 23.4 Å². The van der Waals surface area contributed by atoms with E-state index >= 15 is 0 Å². The Kier molecular flexibility index (Phi) is 5.17. The molecule has 0 saturated carbocycles. The Morgan fingerprint density at radius 1 is 1.08 bits per heavy atom. The largest absolute Gasteiger partial charge is 0.497 e. The van der Waals surface area contributed by atoms with Gasteiger partial charge in [0.2, 0.25) is 5.91 Å². The van der Waals surface area contributed by atoms with Gasteiger partial charge < -0.3 is 15.2 Å². The molecule has 5 nitrogen and oxygen atoms in total. The number of pyridine rings is 1. The molecule has 0 bridgehead atoms. The number of carbonyl (C=O) groups excluding carboxylic acids is 1. The summed E-state index contributed by atoms with van der Waals surface area (Å²) >= 11 is 0. The van der Waals surface area contributed by atoms with Gasteiger partial charge in [-0.05, 0) is 54.4 Å². The highest BCUT2D eigenvalue weighted by Gasteiger charge is 2.08. The minimum Gasteiger partial charge on any atom is -0.497 e. The molecular formula is C21H20N2O3. The molecule has 5 heteroatoms. The van der Waals surface area contributed by atoms with Crippen LogP contribution >= 0.6 is 0 Å². The van der Waals surface area contributed by atoms with Crippen LogP contribution in [0.3, 0.4) is 0 Å². The van der Waals surface area contributed by atoms with E-state index in [4.69, 9.17) is 15.2 Å². The van der Waals surface area contributed by atoms with E-state index in [0.717, 1.165) is 33.9 Å². The summed E-state index contributed by atoms with van der Waals surface area (Å²) in [4.78, 5) is 15.8. The number of carbonyl (C=O) groups is 1. The summed E-state index contributed by atoms with van der Waals surface area (Å²) in [7, 11) is 1.62. The number of ether oxygens (including phenoxy) is 2. The molecule has 0 spiro atoms. The first kappa shape index (κ1) is 17.5. The molecule has 0 radical (unpaired) electrons. The number of aryl methyl sites for hydroxylation is 1. The molecule has 3 rings (SSSR count). The molecule has 0 unspecified atom stereocenters. The molecule has 0 saturated heterocycles. The van der Waals surface area contributed by atoms with Crippen LogP contribution in [0.25, 0.3) is 11.3 Å². The molecule has 3 aromatic rings. The molecular weight excluding hydrogens is 328 g/mol. The summed E-state index contributed by atoms with van der Waals surface area (Å²) in [6, 6.07) is 16.9. The van der Waals surface area contributed by atoms with E-state index in [1.54, 1.807) is 19.4 Å². The number of rotatable bonds is 6. The van der Waals surface area contributed by atoms with Gasteiger partial charge in [0.05, 0.1) is 12.8 Å². The minimum absolute atomic E-state index is 0.418. The van der Waals surface area contributed by atoms with Crippen molar-refractivity contribution in [2.45, 2.75) is 13.5 Å². The Bertz CT molecular complexity index is 938. The van der Waals surface area contributed by atoms with Crippen LogP contribution in [-0.4, -0.2) is 18.0 Å². The van der Waals surface area contributed by atoms with Gasteiger partial charge in [0.1, 0.15) is 18.1 Å². The molecule has 1 heterocycles. The molecule has 2 N–H and O–H groups in total. The van der Waals surface area contributed by atoms with Gasteiger partial charge >= 0.3 is 0 Å². The second-order valence-corrected chi connectivity index (χ2v) is 5.91. The average Bonchev–Trinajstić information content (AvgIpc) is 2.66.